The lowest BCUT2D eigenvalue weighted by atomic mass is 10.2. The highest BCUT2D eigenvalue weighted by Gasteiger charge is 2.25. The molecule has 0 aliphatic heterocycles. The van der Waals surface area contributed by atoms with Gasteiger partial charge in [-0.15, -0.1) is 0 Å². The number of nitrogens with zero attached hydrogens (tertiary/aromatic N) is 3. The van der Waals surface area contributed by atoms with Crippen LogP contribution in [0.1, 0.15) is 24.1 Å². The molecule has 0 radical (unpaired) electrons. The lowest BCUT2D eigenvalue weighted by Crippen LogP contribution is -2.29. The fourth-order valence-corrected chi connectivity index (χ4v) is 4.53. The van der Waals surface area contributed by atoms with Crippen molar-refractivity contribution in [1.29, 1.82) is 0 Å². The number of benzene rings is 1. The van der Waals surface area contributed by atoms with Gasteiger partial charge in [-0.1, -0.05) is 17.7 Å². The van der Waals surface area contributed by atoms with Gasteiger partial charge in [-0.2, -0.15) is 13.5 Å². The highest BCUT2D eigenvalue weighted by atomic mass is 35.5. The molecule has 1 amide bonds. The van der Waals surface area contributed by atoms with Gasteiger partial charge < -0.3 is 14.1 Å². The average Bonchev–Trinajstić information content (AvgIpc) is 3.35. The minimum Gasteiger partial charge on any atom is -0.328 e. The zero-order chi connectivity index (χ0) is 21.5. The normalized spacial score (nSPS) is 14.2. The van der Waals surface area contributed by atoms with Crippen molar-refractivity contribution in [3.05, 3.63) is 46.7 Å². The first-order valence-corrected chi connectivity index (χ1v) is 11.7. The summed E-state index contributed by atoms with van der Waals surface area (Å²) in [6, 6.07) is 7.56. The van der Waals surface area contributed by atoms with E-state index in [1.165, 1.54) is 0 Å². The van der Waals surface area contributed by atoms with Gasteiger partial charge in [0.05, 0.1) is 17.0 Å². The Morgan fingerprint density at radius 3 is 2.83 bits per heavy atom. The third-order valence-electron chi connectivity index (χ3n) is 5.23. The molecule has 0 saturated heterocycles. The molecule has 0 unspecified atom stereocenters. The maximum Gasteiger partial charge on any atom is 0.422 e. The van der Waals surface area contributed by atoms with Gasteiger partial charge in [0.2, 0.25) is 0 Å². The molecule has 4 rings (SSSR count). The Kier molecular flexibility index (Phi) is 5.50. The van der Waals surface area contributed by atoms with Crippen LogP contribution in [-0.2, 0) is 27.8 Å². The van der Waals surface area contributed by atoms with Crippen molar-refractivity contribution < 1.29 is 17.4 Å². The number of fused-ring (bicyclic) bond motifs is 1. The molecule has 1 aliphatic rings. The van der Waals surface area contributed by atoms with Crippen LogP contribution in [0.25, 0.3) is 16.7 Å². The van der Waals surface area contributed by atoms with E-state index >= 15 is 0 Å². The standard InChI is InChI=1S/C20H23ClN4O4S/c1-13-17(8-10-30(27,28)29-20(26)22-12-14-3-4-14)19(24(2)23-13)25-9-7-15-5-6-16(21)11-18(15)25/h5-7,9,11,14H,3-4,8,10,12H2,1-2H3,(H,22,26). The van der Waals surface area contributed by atoms with Crippen LogP contribution in [0.5, 0.6) is 0 Å². The number of carbonyl (C=O) groups excluding carboxylic acids is 1. The third kappa shape index (κ3) is 4.46. The van der Waals surface area contributed by atoms with Gasteiger partial charge in [0, 0.05) is 35.8 Å². The minimum absolute atomic E-state index is 0.160. The molecule has 0 bridgehead atoms. The first kappa shape index (κ1) is 20.7. The molecule has 1 N–H and O–H groups in total. The minimum atomic E-state index is -4.03. The van der Waals surface area contributed by atoms with E-state index in [-0.39, 0.29) is 12.2 Å². The zero-order valence-corrected chi connectivity index (χ0v) is 18.3. The summed E-state index contributed by atoms with van der Waals surface area (Å²) in [7, 11) is -2.22. The van der Waals surface area contributed by atoms with E-state index < -0.39 is 16.2 Å². The van der Waals surface area contributed by atoms with Crippen molar-refractivity contribution >= 4 is 38.7 Å². The lowest BCUT2D eigenvalue weighted by Gasteiger charge is -2.11. The molecule has 1 fully saturated rings. The molecular weight excluding hydrogens is 428 g/mol. The molecule has 1 aromatic carbocycles. The molecule has 1 aliphatic carbocycles. The molecule has 2 aromatic heterocycles. The van der Waals surface area contributed by atoms with Gasteiger partial charge in [0.15, 0.2) is 0 Å². The SMILES string of the molecule is Cc1nn(C)c(-n2ccc3ccc(Cl)cc32)c1CCS(=O)(=O)OC(=O)NCC1CC1. The van der Waals surface area contributed by atoms with E-state index in [9.17, 15) is 13.2 Å². The number of nitrogens with one attached hydrogen (secondary N) is 1. The van der Waals surface area contributed by atoms with Crippen LogP contribution in [-0.4, -0.2) is 41.2 Å². The Balaban J connectivity index is 1.55. The third-order valence-corrected chi connectivity index (χ3v) is 6.58. The fraction of sp³-hybridized carbons (Fsp3) is 0.400. The molecule has 2 heterocycles. The van der Waals surface area contributed by atoms with Gasteiger partial charge >= 0.3 is 16.2 Å². The number of halogens is 1. The Labute approximate surface area is 179 Å². The number of rotatable bonds is 7. The van der Waals surface area contributed by atoms with E-state index in [0.29, 0.717) is 23.2 Å². The first-order chi connectivity index (χ1) is 14.2. The molecule has 3 aromatic rings. The maximum atomic E-state index is 12.3. The van der Waals surface area contributed by atoms with Crippen molar-refractivity contribution in [3.8, 4) is 5.82 Å². The largest absolute Gasteiger partial charge is 0.422 e. The number of carbonyl (C=O) groups is 1. The monoisotopic (exact) mass is 450 g/mol. The van der Waals surface area contributed by atoms with Crippen molar-refractivity contribution in [1.82, 2.24) is 19.7 Å². The summed E-state index contributed by atoms with van der Waals surface area (Å²) >= 11 is 6.17. The lowest BCUT2D eigenvalue weighted by molar-refractivity contribution is 0.202. The van der Waals surface area contributed by atoms with E-state index in [4.69, 9.17) is 11.6 Å². The van der Waals surface area contributed by atoms with E-state index in [0.717, 1.165) is 35.1 Å². The average molecular weight is 451 g/mol. The Bertz CT molecular complexity index is 1210. The second kappa shape index (κ2) is 7.96. The van der Waals surface area contributed by atoms with Crippen molar-refractivity contribution in [2.45, 2.75) is 26.2 Å². The van der Waals surface area contributed by atoms with Gasteiger partial charge in [0.1, 0.15) is 5.82 Å². The number of aromatic nitrogens is 3. The molecular formula is C20H23ClN4O4S. The second-order valence-electron chi connectivity index (χ2n) is 7.61. The molecule has 0 spiro atoms. The number of hydrogen-bond donors (Lipinski definition) is 1. The van der Waals surface area contributed by atoms with Crippen LogP contribution in [0, 0.1) is 12.8 Å². The summed E-state index contributed by atoms with van der Waals surface area (Å²) in [6.45, 7) is 2.27. The molecule has 30 heavy (non-hydrogen) atoms. The summed E-state index contributed by atoms with van der Waals surface area (Å²) in [5.74, 6) is 0.854. The predicted molar refractivity (Wildman–Crippen MR) is 114 cm³/mol. The van der Waals surface area contributed by atoms with Gasteiger partial charge in [-0.05, 0) is 50.3 Å². The Morgan fingerprint density at radius 1 is 1.33 bits per heavy atom. The van der Waals surface area contributed by atoms with Crippen LogP contribution < -0.4 is 5.32 Å². The molecule has 160 valence electrons. The maximum absolute atomic E-state index is 12.3. The fourth-order valence-electron chi connectivity index (χ4n) is 3.53. The number of hydrogen-bond acceptors (Lipinski definition) is 5. The quantitative estimate of drug-likeness (QED) is 0.557. The summed E-state index contributed by atoms with van der Waals surface area (Å²) in [6.07, 6.45) is 3.24. The highest BCUT2D eigenvalue weighted by molar-refractivity contribution is 7.87. The van der Waals surface area contributed by atoms with E-state index in [1.807, 2.05) is 42.0 Å². The highest BCUT2D eigenvalue weighted by Crippen LogP contribution is 2.28. The first-order valence-electron chi connectivity index (χ1n) is 9.73. The van der Waals surface area contributed by atoms with E-state index in [1.54, 1.807) is 11.7 Å². The van der Waals surface area contributed by atoms with Crippen molar-refractivity contribution in [2.24, 2.45) is 13.0 Å². The van der Waals surface area contributed by atoms with E-state index in [2.05, 4.69) is 14.6 Å². The van der Waals surface area contributed by atoms with Gasteiger partial charge in [-0.25, -0.2) is 4.79 Å². The number of aryl methyl sites for hydroxylation is 2. The smallest absolute Gasteiger partial charge is 0.328 e. The van der Waals surface area contributed by atoms with Crippen molar-refractivity contribution in [3.63, 3.8) is 0 Å². The molecule has 1 saturated carbocycles. The molecule has 0 atom stereocenters. The van der Waals surface area contributed by atoms with Crippen molar-refractivity contribution in [2.75, 3.05) is 12.3 Å². The molecule has 8 nitrogen and oxygen atoms in total. The predicted octanol–water partition coefficient (Wildman–Crippen LogP) is 3.33. The summed E-state index contributed by atoms with van der Waals surface area (Å²) in [5, 5.41) is 8.58. The topological polar surface area (TPSA) is 95.2 Å². The second-order valence-corrected chi connectivity index (χ2v) is 9.73. The summed E-state index contributed by atoms with van der Waals surface area (Å²) < 4.78 is 32.9. The van der Waals surface area contributed by atoms with Crippen LogP contribution in [0.4, 0.5) is 4.79 Å². The Hall–Kier alpha value is -2.52. The zero-order valence-electron chi connectivity index (χ0n) is 16.8. The number of amides is 1. The van der Waals surface area contributed by atoms with Crippen LogP contribution in [0.3, 0.4) is 0 Å². The Morgan fingerprint density at radius 2 is 2.10 bits per heavy atom. The summed E-state index contributed by atoms with van der Waals surface area (Å²) in [4.78, 5) is 11.8. The van der Waals surface area contributed by atoms with Gasteiger partial charge in [0.25, 0.3) is 0 Å². The summed E-state index contributed by atoms with van der Waals surface area (Å²) in [5.41, 5.74) is 2.37. The van der Waals surface area contributed by atoms with Crippen LogP contribution in [0.2, 0.25) is 5.02 Å². The molecule has 10 heteroatoms. The van der Waals surface area contributed by atoms with Crippen LogP contribution >= 0.6 is 11.6 Å². The van der Waals surface area contributed by atoms with Gasteiger partial charge in [-0.3, -0.25) is 4.68 Å². The van der Waals surface area contributed by atoms with Crippen LogP contribution in [0.15, 0.2) is 30.5 Å².